The molecular formula is C18H19ClN2O2. The van der Waals surface area contributed by atoms with E-state index < -0.39 is 0 Å². The summed E-state index contributed by atoms with van der Waals surface area (Å²) in [5.74, 6) is -0.135. The van der Waals surface area contributed by atoms with Gasteiger partial charge in [0, 0.05) is 19.4 Å². The molecule has 0 fully saturated rings. The molecule has 1 aliphatic rings. The van der Waals surface area contributed by atoms with Gasteiger partial charge >= 0.3 is 0 Å². The van der Waals surface area contributed by atoms with Gasteiger partial charge in [-0.15, -0.1) is 0 Å². The first-order valence-electron chi connectivity index (χ1n) is 7.65. The highest BCUT2D eigenvalue weighted by molar-refractivity contribution is 6.35. The molecular weight excluding hydrogens is 312 g/mol. The molecule has 0 saturated carbocycles. The Morgan fingerprint density at radius 1 is 1.35 bits per heavy atom. The van der Waals surface area contributed by atoms with Crippen LogP contribution in [0.1, 0.15) is 29.5 Å². The number of hydrogen-bond acceptors (Lipinski definition) is 3. The summed E-state index contributed by atoms with van der Waals surface area (Å²) in [5.41, 5.74) is 3.46. The van der Waals surface area contributed by atoms with E-state index in [0.717, 1.165) is 30.6 Å². The Balaban J connectivity index is 2.13. The molecule has 1 atom stereocenters. The Bertz CT molecular complexity index is 732. The number of hydrogen-bond donors (Lipinski definition) is 3. The average Bonchev–Trinajstić information content (AvgIpc) is 2.74. The van der Waals surface area contributed by atoms with E-state index >= 15 is 0 Å². The van der Waals surface area contributed by atoms with Crippen LogP contribution in [0.25, 0.3) is 0 Å². The second kappa shape index (κ2) is 6.60. The van der Waals surface area contributed by atoms with Gasteiger partial charge < -0.3 is 15.7 Å². The minimum absolute atomic E-state index is 0.00628. The highest BCUT2D eigenvalue weighted by atomic mass is 35.5. The van der Waals surface area contributed by atoms with Gasteiger partial charge in [0.05, 0.1) is 5.02 Å². The van der Waals surface area contributed by atoms with Crippen LogP contribution in [0.2, 0.25) is 5.02 Å². The molecule has 1 heterocycles. The molecule has 3 rings (SSSR count). The van der Waals surface area contributed by atoms with E-state index in [1.165, 1.54) is 12.5 Å². The smallest absolute Gasteiger partial charge is 0.221 e. The summed E-state index contributed by atoms with van der Waals surface area (Å²) in [7, 11) is 0. The number of nitrogens with one attached hydrogen (secondary N) is 2. The molecule has 1 amide bonds. The van der Waals surface area contributed by atoms with Crippen LogP contribution in [0.15, 0.2) is 36.4 Å². The van der Waals surface area contributed by atoms with Crippen LogP contribution in [-0.4, -0.2) is 24.1 Å². The number of rotatable bonds is 2. The van der Waals surface area contributed by atoms with Crippen molar-refractivity contribution in [3.05, 3.63) is 58.1 Å². The van der Waals surface area contributed by atoms with E-state index in [4.69, 9.17) is 11.6 Å². The molecule has 0 aromatic heterocycles. The van der Waals surface area contributed by atoms with E-state index in [1.54, 1.807) is 6.07 Å². The van der Waals surface area contributed by atoms with Gasteiger partial charge in [-0.1, -0.05) is 41.9 Å². The number of fused-ring (bicyclic) bond motifs is 1. The largest absolute Gasteiger partial charge is 0.506 e. The summed E-state index contributed by atoms with van der Waals surface area (Å²) >= 11 is 6.50. The number of phenols is 1. The number of phenolic OH excluding ortho intramolecular Hbond substituents is 1. The second-order valence-corrected chi connectivity index (χ2v) is 6.13. The number of halogens is 1. The van der Waals surface area contributed by atoms with Crippen molar-refractivity contribution >= 4 is 23.2 Å². The lowest BCUT2D eigenvalue weighted by atomic mass is 9.87. The van der Waals surface area contributed by atoms with Crippen LogP contribution in [0.5, 0.6) is 5.75 Å². The third-order valence-electron chi connectivity index (χ3n) is 4.16. The fourth-order valence-corrected chi connectivity index (χ4v) is 3.46. The molecule has 1 aliphatic heterocycles. The summed E-state index contributed by atoms with van der Waals surface area (Å²) in [4.78, 5) is 11.3. The molecule has 23 heavy (non-hydrogen) atoms. The minimum Gasteiger partial charge on any atom is -0.506 e. The molecule has 0 radical (unpaired) electrons. The highest BCUT2D eigenvalue weighted by Gasteiger charge is 2.25. The summed E-state index contributed by atoms with van der Waals surface area (Å²) in [6.07, 6.45) is 0.754. The Hall–Kier alpha value is -2.04. The van der Waals surface area contributed by atoms with Crippen LogP contribution in [0.4, 0.5) is 5.69 Å². The molecule has 0 aliphatic carbocycles. The van der Waals surface area contributed by atoms with Crippen molar-refractivity contribution in [3.8, 4) is 5.75 Å². The third-order valence-corrected chi connectivity index (χ3v) is 4.58. The molecule has 4 nitrogen and oxygen atoms in total. The van der Waals surface area contributed by atoms with Gasteiger partial charge in [0.1, 0.15) is 11.4 Å². The zero-order valence-electron chi connectivity index (χ0n) is 12.9. The lowest BCUT2D eigenvalue weighted by molar-refractivity contribution is -0.114. The first-order chi connectivity index (χ1) is 11.1. The van der Waals surface area contributed by atoms with Gasteiger partial charge in [-0.3, -0.25) is 4.79 Å². The molecule has 0 spiro atoms. The van der Waals surface area contributed by atoms with E-state index in [9.17, 15) is 9.90 Å². The van der Waals surface area contributed by atoms with E-state index in [-0.39, 0.29) is 17.6 Å². The second-order valence-electron chi connectivity index (χ2n) is 5.75. The van der Waals surface area contributed by atoms with Crippen molar-refractivity contribution in [1.82, 2.24) is 5.32 Å². The van der Waals surface area contributed by atoms with Gasteiger partial charge in [-0.2, -0.15) is 0 Å². The van der Waals surface area contributed by atoms with Crippen molar-refractivity contribution in [2.24, 2.45) is 0 Å². The van der Waals surface area contributed by atoms with E-state index in [2.05, 4.69) is 22.8 Å². The summed E-state index contributed by atoms with van der Waals surface area (Å²) < 4.78 is 0. The highest BCUT2D eigenvalue weighted by Crippen LogP contribution is 2.42. The lowest BCUT2D eigenvalue weighted by Gasteiger charge is -2.21. The molecule has 3 N–H and O–H groups in total. The predicted molar refractivity (Wildman–Crippen MR) is 92.3 cm³/mol. The molecule has 0 bridgehead atoms. The van der Waals surface area contributed by atoms with Gasteiger partial charge in [-0.05, 0) is 35.7 Å². The minimum atomic E-state index is -0.256. The van der Waals surface area contributed by atoms with Crippen LogP contribution < -0.4 is 10.6 Å². The maximum absolute atomic E-state index is 11.3. The first-order valence-corrected chi connectivity index (χ1v) is 8.03. The maximum Gasteiger partial charge on any atom is 0.221 e. The number of anilines is 1. The van der Waals surface area contributed by atoms with Gasteiger partial charge in [-0.25, -0.2) is 0 Å². The number of benzene rings is 2. The fourth-order valence-electron chi connectivity index (χ4n) is 3.11. The SMILES string of the molecule is CC(=O)Nc1c(O)cc2c(c1Cl)CCNCC2c1ccccc1. The Morgan fingerprint density at radius 3 is 2.78 bits per heavy atom. The Kier molecular flexibility index (Phi) is 4.55. The number of carbonyl (C=O) groups is 1. The van der Waals surface area contributed by atoms with Gasteiger partial charge in [0.25, 0.3) is 0 Å². The number of aromatic hydroxyl groups is 1. The van der Waals surface area contributed by atoms with Crippen LogP contribution in [0.3, 0.4) is 0 Å². The maximum atomic E-state index is 11.3. The van der Waals surface area contributed by atoms with Crippen molar-refractivity contribution in [1.29, 1.82) is 0 Å². The number of amides is 1. The van der Waals surface area contributed by atoms with Crippen molar-refractivity contribution in [3.63, 3.8) is 0 Å². The average molecular weight is 331 g/mol. The Morgan fingerprint density at radius 2 is 2.09 bits per heavy atom. The molecule has 2 aromatic rings. The molecule has 5 heteroatoms. The summed E-state index contributed by atoms with van der Waals surface area (Å²) in [6.45, 7) is 2.99. The van der Waals surface area contributed by atoms with Gasteiger partial charge in [0.2, 0.25) is 5.91 Å². The first kappa shape index (κ1) is 15.8. The van der Waals surface area contributed by atoms with Crippen LogP contribution in [-0.2, 0) is 11.2 Å². The predicted octanol–water partition coefficient (Wildman–Crippen LogP) is 3.28. The molecule has 2 aromatic carbocycles. The van der Waals surface area contributed by atoms with Crippen molar-refractivity contribution in [2.75, 3.05) is 18.4 Å². The quantitative estimate of drug-likeness (QED) is 0.740. The zero-order valence-corrected chi connectivity index (χ0v) is 13.7. The number of carbonyl (C=O) groups excluding carboxylic acids is 1. The molecule has 1 unspecified atom stereocenters. The summed E-state index contributed by atoms with van der Waals surface area (Å²) in [5, 5.41) is 16.8. The van der Waals surface area contributed by atoms with Gasteiger partial charge in [0.15, 0.2) is 0 Å². The normalized spacial score (nSPS) is 17.2. The van der Waals surface area contributed by atoms with E-state index in [0.29, 0.717) is 10.7 Å². The van der Waals surface area contributed by atoms with Crippen molar-refractivity contribution < 1.29 is 9.90 Å². The lowest BCUT2D eigenvalue weighted by Crippen LogP contribution is -2.20. The van der Waals surface area contributed by atoms with Crippen molar-refractivity contribution in [2.45, 2.75) is 19.3 Å². The summed E-state index contributed by atoms with van der Waals surface area (Å²) in [6, 6.07) is 11.9. The van der Waals surface area contributed by atoms with Crippen LogP contribution >= 0.6 is 11.6 Å². The zero-order chi connectivity index (χ0) is 16.4. The Labute approximate surface area is 140 Å². The third kappa shape index (κ3) is 3.19. The monoisotopic (exact) mass is 330 g/mol. The van der Waals surface area contributed by atoms with Crippen LogP contribution in [0, 0.1) is 0 Å². The fraction of sp³-hybridized carbons (Fsp3) is 0.278. The molecule has 0 saturated heterocycles. The van der Waals surface area contributed by atoms with E-state index in [1.807, 2.05) is 18.2 Å². The topological polar surface area (TPSA) is 61.4 Å². The molecule has 120 valence electrons. The standard InChI is InChI=1S/C18H19ClN2O2/c1-11(22)21-18-16(23)9-14-13(17(18)19)7-8-20-10-15(14)12-5-3-2-4-6-12/h2-6,9,15,20,23H,7-8,10H2,1H3,(H,21,22).